The zero-order chi connectivity index (χ0) is 44.4. The molecule has 1 aromatic heterocycles. The Morgan fingerprint density at radius 1 is 0.803 bits per heavy atom. The van der Waals surface area contributed by atoms with Crippen LogP contribution in [0.1, 0.15) is 66.7 Å². The minimum atomic E-state index is -4.97. The summed E-state index contributed by atoms with van der Waals surface area (Å²) in [4.78, 5) is 66.0. The molecule has 0 aliphatic heterocycles. The Labute approximate surface area is 357 Å². The predicted octanol–water partition coefficient (Wildman–Crippen LogP) is 6.73. The Morgan fingerprint density at radius 3 is 1.80 bits per heavy atom. The molecule has 0 fully saturated rings. The van der Waals surface area contributed by atoms with E-state index in [0.29, 0.717) is 16.1 Å². The minimum absolute atomic E-state index is 0.0948. The van der Waals surface area contributed by atoms with E-state index < -0.39 is 36.1 Å². The van der Waals surface area contributed by atoms with Crippen molar-refractivity contribution in [2.75, 3.05) is 39.8 Å². The number of nitriles is 1. The summed E-state index contributed by atoms with van der Waals surface area (Å²) in [5.74, 6) is 0.524. The van der Waals surface area contributed by atoms with Gasteiger partial charge in [0, 0.05) is 0 Å². The molecule has 14 heteroatoms. The summed E-state index contributed by atoms with van der Waals surface area (Å²) in [6.45, 7) is 8.59. The average Bonchev–Trinajstić information content (AvgIpc) is 3.25. The van der Waals surface area contributed by atoms with Crippen molar-refractivity contribution in [1.82, 2.24) is 13.8 Å². The monoisotopic (exact) mass is 852 g/mol. The molecule has 0 saturated carbocycles. The van der Waals surface area contributed by atoms with Gasteiger partial charge in [-0.2, -0.15) is 0 Å². The van der Waals surface area contributed by atoms with Gasteiger partial charge in [-0.05, 0) is 0 Å². The summed E-state index contributed by atoms with van der Waals surface area (Å²) < 4.78 is 28.4. The first-order valence-electron chi connectivity index (χ1n) is 20.3. The van der Waals surface area contributed by atoms with Crippen LogP contribution in [0.4, 0.5) is 0 Å². The molecule has 0 aliphatic carbocycles. The van der Waals surface area contributed by atoms with Gasteiger partial charge in [0.15, 0.2) is 0 Å². The number of methoxy groups -OCH3 is 2. The van der Waals surface area contributed by atoms with Crippen molar-refractivity contribution < 1.29 is 33.5 Å². The van der Waals surface area contributed by atoms with Gasteiger partial charge in [0.1, 0.15) is 0 Å². The van der Waals surface area contributed by atoms with Crippen LogP contribution in [0.2, 0.25) is 0 Å². The summed E-state index contributed by atoms with van der Waals surface area (Å²) in [6.07, 6.45) is -0.276. The van der Waals surface area contributed by atoms with Gasteiger partial charge in [0.05, 0.1) is 0 Å². The van der Waals surface area contributed by atoms with Crippen LogP contribution in [0.25, 0.3) is 0 Å². The third kappa shape index (κ3) is 10.4. The van der Waals surface area contributed by atoms with Crippen LogP contribution in [-0.4, -0.2) is 87.4 Å². The van der Waals surface area contributed by atoms with Crippen molar-refractivity contribution in [2.24, 2.45) is 0 Å². The van der Waals surface area contributed by atoms with E-state index in [1.54, 1.807) is 37.1 Å². The predicted molar refractivity (Wildman–Crippen MR) is 237 cm³/mol. The SMILES string of the molecule is COc1ccc(C(OCC(CP(O)(O)(CCC#N)N(C(C)C)C(C)C)OCCn2cc(C)c(=O)n(C(=O)c3ccccc3)c2=O)(c2ccccc2)c2ccc(OC)cc2)cc1. The van der Waals surface area contributed by atoms with Crippen LogP contribution < -0.4 is 20.7 Å². The molecule has 4 aromatic carbocycles. The number of rotatable bonds is 20. The Balaban J connectivity index is 1.62. The van der Waals surface area contributed by atoms with E-state index in [2.05, 4.69) is 6.07 Å². The second kappa shape index (κ2) is 19.9. The summed E-state index contributed by atoms with van der Waals surface area (Å²) in [5, 5.41) is 9.75. The number of aryl methyl sites for hydroxylation is 1. The third-order valence-electron chi connectivity index (χ3n) is 10.7. The van der Waals surface area contributed by atoms with E-state index >= 15 is 0 Å². The van der Waals surface area contributed by atoms with Crippen LogP contribution in [-0.2, 0) is 21.6 Å². The number of hydrogen-bond donors (Lipinski definition) is 2. The molecule has 1 heterocycles. The molecule has 2 N–H and O–H groups in total. The average molecular weight is 853 g/mol. The van der Waals surface area contributed by atoms with Gasteiger partial charge < -0.3 is 0 Å². The standard InChI is InChI=1S/C47H57N4O9P/c1-34(2)51(35(3)4)61(55,56,30-14-27-48)33-43(59-29-28-49-31-36(5)44(52)50(46(49)54)45(53)37-15-10-8-11-16-37)32-60-47(38-17-12-9-13-18-38,39-19-23-41(57-6)24-20-39)40-21-25-42(58-7)26-22-40/h8-13,15-26,31,34-35,43,55-56H,14,28-30,32-33H2,1-7H3. The van der Waals surface area contributed by atoms with Crippen LogP contribution in [0.15, 0.2) is 125 Å². The number of carbonyl (C=O) groups excluding carboxylic acids is 1. The van der Waals surface area contributed by atoms with Gasteiger partial charge in [0.25, 0.3) is 0 Å². The molecule has 0 amide bonds. The maximum atomic E-state index is 13.8. The van der Waals surface area contributed by atoms with Crippen LogP contribution in [0.3, 0.4) is 0 Å². The van der Waals surface area contributed by atoms with Crippen LogP contribution in [0, 0.1) is 18.3 Å². The van der Waals surface area contributed by atoms with E-state index in [9.17, 15) is 29.4 Å². The molecule has 0 aliphatic rings. The molecule has 0 bridgehead atoms. The van der Waals surface area contributed by atoms with Gasteiger partial charge in [0.2, 0.25) is 0 Å². The summed E-state index contributed by atoms with van der Waals surface area (Å²) in [5.41, 5.74) is -0.233. The first-order chi connectivity index (χ1) is 29.1. The molecular weight excluding hydrogens is 796 g/mol. The molecule has 0 saturated heterocycles. The number of hydrogen-bond acceptors (Lipinski definition) is 11. The van der Waals surface area contributed by atoms with Crippen molar-refractivity contribution in [2.45, 2.75) is 71.4 Å². The van der Waals surface area contributed by atoms with Crippen molar-refractivity contribution >= 4 is 13.1 Å². The van der Waals surface area contributed by atoms with Crippen molar-refractivity contribution in [3.05, 3.63) is 164 Å². The molecule has 324 valence electrons. The quantitative estimate of drug-likeness (QED) is 0.0630. The number of aromatic nitrogens is 2. The Kier molecular flexibility index (Phi) is 15.2. The number of nitrogens with zero attached hydrogens (tertiary/aromatic N) is 4. The molecule has 5 aromatic rings. The zero-order valence-electron chi connectivity index (χ0n) is 35.9. The van der Waals surface area contributed by atoms with Gasteiger partial charge in [-0.25, -0.2) is 0 Å². The van der Waals surface area contributed by atoms with E-state index in [1.807, 2.05) is 107 Å². The van der Waals surface area contributed by atoms with Gasteiger partial charge in [-0.3, -0.25) is 0 Å². The molecule has 13 nitrogen and oxygen atoms in total. The van der Waals surface area contributed by atoms with Gasteiger partial charge in [-0.1, -0.05) is 6.07 Å². The molecule has 1 atom stereocenters. The van der Waals surface area contributed by atoms with Crippen molar-refractivity contribution in [3.63, 3.8) is 0 Å². The second-order valence-corrected chi connectivity index (χ2v) is 19.6. The Morgan fingerprint density at radius 2 is 1.31 bits per heavy atom. The van der Waals surface area contributed by atoms with E-state index in [4.69, 9.17) is 18.9 Å². The third-order valence-corrected chi connectivity index (χ3v) is 15.0. The molecule has 61 heavy (non-hydrogen) atoms. The van der Waals surface area contributed by atoms with Crippen LogP contribution in [0.5, 0.6) is 11.5 Å². The fraction of sp³-hybridized carbons (Fsp3) is 0.362. The van der Waals surface area contributed by atoms with Gasteiger partial charge in [-0.15, -0.1) is 0 Å². The fourth-order valence-electron chi connectivity index (χ4n) is 8.21. The fourth-order valence-corrected chi connectivity index (χ4v) is 12.5. The first kappa shape index (κ1) is 46.6. The number of benzene rings is 4. The van der Waals surface area contributed by atoms with Crippen molar-refractivity contribution in [3.8, 4) is 17.6 Å². The maximum absolute atomic E-state index is 13.8. The van der Waals surface area contributed by atoms with Crippen molar-refractivity contribution in [1.29, 1.82) is 5.26 Å². The van der Waals surface area contributed by atoms with Gasteiger partial charge >= 0.3 is 352 Å². The molecule has 0 spiro atoms. The Bertz CT molecular complexity index is 2340. The summed E-state index contributed by atoms with van der Waals surface area (Å²) in [7, 11) is -1.79. The Hall–Kier alpha value is -5.45. The topological polar surface area (TPSA) is 165 Å². The molecular formula is C47H57N4O9P. The first-order valence-corrected chi connectivity index (χ1v) is 22.7. The van der Waals surface area contributed by atoms with E-state index in [-0.39, 0.29) is 61.7 Å². The molecule has 0 radical (unpaired) electrons. The van der Waals surface area contributed by atoms with E-state index in [0.717, 1.165) is 16.7 Å². The number of ether oxygens (including phenoxy) is 4. The zero-order valence-corrected chi connectivity index (χ0v) is 36.8. The molecule has 1 unspecified atom stereocenters. The molecule has 5 rings (SSSR count). The summed E-state index contributed by atoms with van der Waals surface area (Å²) in [6, 6.07) is 34.2. The number of carbonyl (C=O) groups is 1. The van der Waals surface area contributed by atoms with E-state index in [1.165, 1.54) is 29.8 Å². The normalized spacial score (nSPS) is 13.1. The summed E-state index contributed by atoms with van der Waals surface area (Å²) >= 11 is 0. The second-order valence-electron chi connectivity index (χ2n) is 15.6. The van der Waals surface area contributed by atoms with Crippen LogP contribution >= 0.6 is 7.21 Å².